The summed E-state index contributed by atoms with van der Waals surface area (Å²) in [5.41, 5.74) is 15.3. The standard InChI is InChI=1S/C21H23ClN4O2/c1-13-12-16(15-4-7-17(22)8-5-15)6-9-18(13)27-10-3-11-28-19-14(2)25-21(24)26-20(19)23/h4-9,12H,3,10-11H2,1-2H3,(H4,23,24,25,26). The fraction of sp³-hybridized carbons (Fsp3) is 0.238. The van der Waals surface area contributed by atoms with Gasteiger partial charge in [-0.25, -0.2) is 4.98 Å². The molecule has 1 heterocycles. The Morgan fingerprint density at radius 2 is 1.57 bits per heavy atom. The minimum Gasteiger partial charge on any atom is -0.493 e. The molecule has 3 aromatic rings. The second-order valence-corrected chi connectivity index (χ2v) is 6.86. The Labute approximate surface area is 169 Å². The number of ether oxygens (including phenoxy) is 2. The zero-order valence-corrected chi connectivity index (χ0v) is 16.7. The summed E-state index contributed by atoms with van der Waals surface area (Å²) in [6, 6.07) is 13.9. The number of nitrogens with two attached hydrogens (primary N) is 2. The molecule has 3 rings (SSSR count). The Bertz CT molecular complexity index is 938. The van der Waals surface area contributed by atoms with Crippen molar-refractivity contribution in [2.24, 2.45) is 0 Å². The van der Waals surface area contributed by atoms with E-state index in [0.717, 1.165) is 27.5 Å². The molecule has 0 amide bonds. The van der Waals surface area contributed by atoms with Crippen LogP contribution in [-0.2, 0) is 0 Å². The van der Waals surface area contributed by atoms with E-state index >= 15 is 0 Å². The van der Waals surface area contributed by atoms with E-state index in [4.69, 9.17) is 32.5 Å². The molecule has 0 aliphatic rings. The van der Waals surface area contributed by atoms with E-state index in [2.05, 4.69) is 16.0 Å². The van der Waals surface area contributed by atoms with Gasteiger partial charge >= 0.3 is 0 Å². The fourth-order valence-corrected chi connectivity index (χ4v) is 2.96. The van der Waals surface area contributed by atoms with E-state index in [9.17, 15) is 0 Å². The fourth-order valence-electron chi connectivity index (χ4n) is 2.83. The Hall–Kier alpha value is -2.99. The lowest BCUT2D eigenvalue weighted by Crippen LogP contribution is -2.10. The van der Waals surface area contributed by atoms with Crippen LogP contribution in [0.15, 0.2) is 42.5 Å². The minimum absolute atomic E-state index is 0.142. The number of hydrogen-bond acceptors (Lipinski definition) is 6. The van der Waals surface area contributed by atoms with Gasteiger partial charge in [0.25, 0.3) is 0 Å². The summed E-state index contributed by atoms with van der Waals surface area (Å²) >= 11 is 5.95. The molecule has 2 aromatic carbocycles. The van der Waals surface area contributed by atoms with Crippen molar-refractivity contribution in [3.05, 3.63) is 58.7 Å². The number of aryl methyl sites for hydroxylation is 2. The minimum atomic E-state index is 0.142. The predicted octanol–water partition coefficient (Wildman–Crippen LogP) is 4.43. The number of nitrogens with zero attached hydrogens (tertiary/aromatic N) is 2. The van der Waals surface area contributed by atoms with Crippen molar-refractivity contribution in [3.8, 4) is 22.6 Å². The van der Waals surface area contributed by atoms with Gasteiger partial charge in [0.2, 0.25) is 5.95 Å². The maximum absolute atomic E-state index is 5.95. The van der Waals surface area contributed by atoms with Crippen molar-refractivity contribution >= 4 is 23.4 Å². The zero-order chi connectivity index (χ0) is 20.1. The van der Waals surface area contributed by atoms with Crippen LogP contribution in [0.3, 0.4) is 0 Å². The highest BCUT2D eigenvalue weighted by atomic mass is 35.5. The maximum Gasteiger partial charge on any atom is 0.222 e. The van der Waals surface area contributed by atoms with E-state index in [-0.39, 0.29) is 11.8 Å². The third-order valence-corrected chi connectivity index (χ3v) is 4.48. The highest BCUT2D eigenvalue weighted by Gasteiger charge is 2.09. The van der Waals surface area contributed by atoms with Gasteiger partial charge in [0.1, 0.15) is 5.75 Å². The quantitative estimate of drug-likeness (QED) is 0.571. The summed E-state index contributed by atoms with van der Waals surface area (Å²) in [6.45, 7) is 4.78. The van der Waals surface area contributed by atoms with Crippen molar-refractivity contribution < 1.29 is 9.47 Å². The monoisotopic (exact) mass is 398 g/mol. The molecule has 1 aromatic heterocycles. The predicted molar refractivity (Wildman–Crippen MR) is 113 cm³/mol. The van der Waals surface area contributed by atoms with Crippen LogP contribution in [0.2, 0.25) is 5.02 Å². The number of rotatable bonds is 7. The summed E-state index contributed by atoms with van der Waals surface area (Å²) in [4.78, 5) is 7.96. The molecule has 0 atom stereocenters. The van der Waals surface area contributed by atoms with Crippen LogP contribution in [0, 0.1) is 13.8 Å². The van der Waals surface area contributed by atoms with Crippen LogP contribution in [0.25, 0.3) is 11.1 Å². The van der Waals surface area contributed by atoms with Crippen molar-refractivity contribution in [1.29, 1.82) is 0 Å². The van der Waals surface area contributed by atoms with Gasteiger partial charge in [-0.05, 0) is 54.8 Å². The van der Waals surface area contributed by atoms with Gasteiger partial charge in [-0.1, -0.05) is 29.8 Å². The highest BCUT2D eigenvalue weighted by Crippen LogP contribution is 2.27. The Morgan fingerprint density at radius 3 is 2.25 bits per heavy atom. The number of anilines is 2. The second-order valence-electron chi connectivity index (χ2n) is 6.42. The van der Waals surface area contributed by atoms with Gasteiger partial charge in [-0.3, -0.25) is 0 Å². The van der Waals surface area contributed by atoms with Gasteiger partial charge in [0, 0.05) is 11.4 Å². The summed E-state index contributed by atoms with van der Waals surface area (Å²) in [5, 5.41) is 0.727. The topological polar surface area (TPSA) is 96.3 Å². The molecule has 7 heteroatoms. The van der Waals surface area contributed by atoms with Crippen LogP contribution in [-0.4, -0.2) is 23.2 Å². The summed E-state index contributed by atoms with van der Waals surface area (Å²) in [5.74, 6) is 1.71. The molecule has 0 bridgehead atoms. The normalized spacial score (nSPS) is 10.7. The van der Waals surface area contributed by atoms with Crippen molar-refractivity contribution in [2.45, 2.75) is 20.3 Å². The van der Waals surface area contributed by atoms with Gasteiger partial charge in [0.15, 0.2) is 11.6 Å². The molecule has 0 aliphatic heterocycles. The first-order valence-corrected chi connectivity index (χ1v) is 9.33. The van der Waals surface area contributed by atoms with Gasteiger partial charge in [0.05, 0.1) is 18.9 Å². The molecule has 0 radical (unpaired) electrons. The molecule has 6 nitrogen and oxygen atoms in total. The Balaban J connectivity index is 1.52. The number of hydrogen-bond donors (Lipinski definition) is 2. The first-order chi connectivity index (χ1) is 13.4. The van der Waals surface area contributed by atoms with Crippen LogP contribution in [0.1, 0.15) is 17.7 Å². The van der Waals surface area contributed by atoms with Crippen LogP contribution in [0.5, 0.6) is 11.5 Å². The average Bonchev–Trinajstić information content (AvgIpc) is 2.65. The molecule has 0 saturated heterocycles. The van der Waals surface area contributed by atoms with E-state index in [1.54, 1.807) is 6.92 Å². The smallest absolute Gasteiger partial charge is 0.222 e. The Morgan fingerprint density at radius 1 is 0.893 bits per heavy atom. The van der Waals surface area contributed by atoms with Crippen molar-refractivity contribution in [1.82, 2.24) is 9.97 Å². The summed E-state index contributed by atoms with van der Waals surface area (Å²) < 4.78 is 11.6. The molecule has 0 fully saturated rings. The van der Waals surface area contributed by atoms with Crippen LogP contribution >= 0.6 is 11.6 Å². The zero-order valence-electron chi connectivity index (χ0n) is 15.9. The third kappa shape index (κ3) is 4.84. The van der Waals surface area contributed by atoms with Gasteiger partial charge in [-0.15, -0.1) is 0 Å². The molecule has 0 spiro atoms. The van der Waals surface area contributed by atoms with E-state index in [1.165, 1.54) is 0 Å². The molecule has 4 N–H and O–H groups in total. The molecule has 146 valence electrons. The van der Waals surface area contributed by atoms with Crippen LogP contribution in [0.4, 0.5) is 11.8 Å². The van der Waals surface area contributed by atoms with Gasteiger partial charge in [-0.2, -0.15) is 4.98 Å². The lowest BCUT2D eigenvalue weighted by atomic mass is 10.0. The van der Waals surface area contributed by atoms with E-state index in [1.807, 2.05) is 43.3 Å². The highest BCUT2D eigenvalue weighted by molar-refractivity contribution is 6.30. The molecular formula is C21H23ClN4O2. The summed E-state index contributed by atoms with van der Waals surface area (Å²) in [7, 11) is 0. The number of benzene rings is 2. The number of aromatic nitrogens is 2. The molecule has 0 saturated carbocycles. The average molecular weight is 399 g/mol. The lowest BCUT2D eigenvalue weighted by Gasteiger charge is -2.13. The van der Waals surface area contributed by atoms with Gasteiger partial charge < -0.3 is 20.9 Å². The molecular weight excluding hydrogens is 376 g/mol. The molecule has 0 unspecified atom stereocenters. The maximum atomic E-state index is 5.95. The SMILES string of the molecule is Cc1cc(-c2ccc(Cl)cc2)ccc1OCCCOc1c(C)nc(N)nc1N. The second kappa shape index (κ2) is 8.80. The first kappa shape index (κ1) is 19.8. The number of halogens is 1. The number of nitrogen functional groups attached to an aromatic ring is 2. The van der Waals surface area contributed by atoms with Crippen molar-refractivity contribution in [3.63, 3.8) is 0 Å². The third-order valence-electron chi connectivity index (χ3n) is 4.22. The lowest BCUT2D eigenvalue weighted by molar-refractivity contribution is 0.245. The van der Waals surface area contributed by atoms with E-state index < -0.39 is 0 Å². The Kier molecular flexibility index (Phi) is 6.21. The van der Waals surface area contributed by atoms with Crippen LogP contribution < -0.4 is 20.9 Å². The largest absolute Gasteiger partial charge is 0.493 e. The van der Waals surface area contributed by atoms with Crippen molar-refractivity contribution in [2.75, 3.05) is 24.7 Å². The summed E-state index contributed by atoms with van der Waals surface area (Å²) in [6.07, 6.45) is 0.696. The molecule has 28 heavy (non-hydrogen) atoms. The van der Waals surface area contributed by atoms with E-state index in [0.29, 0.717) is 31.1 Å². The molecule has 0 aliphatic carbocycles. The first-order valence-electron chi connectivity index (χ1n) is 8.96.